The van der Waals surface area contributed by atoms with Crippen molar-refractivity contribution in [2.75, 3.05) is 18.1 Å². The molecule has 0 heterocycles. The SMILES string of the molecule is CCCS(=O)(=O)CCOc1ccc(F)cc1CO. The molecule has 1 N–H and O–H groups in total. The quantitative estimate of drug-likeness (QED) is 0.820. The second-order valence-electron chi connectivity index (χ2n) is 3.91. The van der Waals surface area contributed by atoms with E-state index in [1.54, 1.807) is 6.92 Å². The average Bonchev–Trinajstić information content (AvgIpc) is 2.30. The van der Waals surface area contributed by atoms with E-state index in [9.17, 15) is 12.8 Å². The third-order valence-corrected chi connectivity index (χ3v) is 4.18. The first-order chi connectivity index (χ1) is 8.48. The number of aliphatic hydroxyl groups is 1. The molecule has 0 saturated carbocycles. The van der Waals surface area contributed by atoms with E-state index in [4.69, 9.17) is 9.84 Å². The Balaban J connectivity index is 2.59. The predicted molar refractivity (Wildman–Crippen MR) is 66.8 cm³/mol. The highest BCUT2D eigenvalue weighted by Crippen LogP contribution is 2.19. The fraction of sp³-hybridized carbons (Fsp3) is 0.500. The molecule has 0 unspecified atom stereocenters. The summed E-state index contributed by atoms with van der Waals surface area (Å²) in [7, 11) is -3.09. The van der Waals surface area contributed by atoms with Crippen LogP contribution in [0.4, 0.5) is 4.39 Å². The van der Waals surface area contributed by atoms with Crippen LogP contribution in [0, 0.1) is 5.82 Å². The molecule has 0 radical (unpaired) electrons. The van der Waals surface area contributed by atoms with E-state index in [1.165, 1.54) is 12.1 Å². The van der Waals surface area contributed by atoms with Gasteiger partial charge in [0.25, 0.3) is 0 Å². The van der Waals surface area contributed by atoms with Crippen molar-refractivity contribution in [3.8, 4) is 5.75 Å². The van der Waals surface area contributed by atoms with Crippen molar-refractivity contribution in [3.63, 3.8) is 0 Å². The van der Waals surface area contributed by atoms with Gasteiger partial charge in [-0.25, -0.2) is 12.8 Å². The zero-order valence-corrected chi connectivity index (χ0v) is 11.0. The molecule has 6 heteroatoms. The second kappa shape index (κ2) is 6.70. The molecule has 0 aliphatic rings. The molecule has 0 fully saturated rings. The molecule has 1 aromatic carbocycles. The van der Waals surface area contributed by atoms with Gasteiger partial charge in [0, 0.05) is 5.56 Å². The Hall–Kier alpha value is -1.14. The summed E-state index contributed by atoms with van der Waals surface area (Å²) in [6.07, 6.45) is 0.570. The molecule has 0 spiro atoms. The first-order valence-electron chi connectivity index (χ1n) is 5.71. The van der Waals surface area contributed by atoms with E-state index >= 15 is 0 Å². The van der Waals surface area contributed by atoms with E-state index in [0.29, 0.717) is 17.7 Å². The zero-order chi connectivity index (χ0) is 13.6. The predicted octanol–water partition coefficient (Wildman–Crippen LogP) is 1.52. The number of ether oxygens (including phenoxy) is 1. The third kappa shape index (κ3) is 4.62. The Morgan fingerprint density at radius 2 is 2.06 bits per heavy atom. The lowest BCUT2D eigenvalue weighted by atomic mass is 10.2. The Kier molecular flexibility index (Phi) is 5.55. The topological polar surface area (TPSA) is 63.6 Å². The fourth-order valence-corrected chi connectivity index (χ4v) is 2.67. The summed E-state index contributed by atoms with van der Waals surface area (Å²) in [6.45, 7) is 1.44. The molecule has 0 aliphatic carbocycles. The third-order valence-electron chi connectivity index (χ3n) is 2.36. The van der Waals surface area contributed by atoms with Crippen LogP contribution in [-0.4, -0.2) is 31.6 Å². The lowest BCUT2D eigenvalue weighted by Crippen LogP contribution is -2.17. The van der Waals surface area contributed by atoms with Crippen molar-refractivity contribution in [2.45, 2.75) is 20.0 Å². The Morgan fingerprint density at radius 3 is 2.67 bits per heavy atom. The monoisotopic (exact) mass is 276 g/mol. The van der Waals surface area contributed by atoms with E-state index in [2.05, 4.69) is 0 Å². The van der Waals surface area contributed by atoms with Crippen LogP contribution in [0.25, 0.3) is 0 Å². The molecular weight excluding hydrogens is 259 g/mol. The number of sulfone groups is 1. The largest absolute Gasteiger partial charge is 0.492 e. The molecule has 0 saturated heterocycles. The summed E-state index contributed by atoms with van der Waals surface area (Å²) in [4.78, 5) is 0. The number of hydrogen-bond acceptors (Lipinski definition) is 4. The maximum absolute atomic E-state index is 12.9. The number of aliphatic hydroxyl groups excluding tert-OH is 1. The molecule has 0 aliphatic heterocycles. The standard InChI is InChI=1S/C12H17FO4S/c1-2-6-18(15,16)7-5-17-12-4-3-11(13)8-10(12)9-14/h3-4,8,14H,2,5-7,9H2,1H3. The molecule has 18 heavy (non-hydrogen) atoms. The summed E-state index contributed by atoms with van der Waals surface area (Å²) in [6, 6.07) is 3.75. The molecule has 0 atom stereocenters. The average molecular weight is 276 g/mol. The van der Waals surface area contributed by atoms with Gasteiger partial charge in [0.15, 0.2) is 9.84 Å². The molecule has 1 rings (SSSR count). The lowest BCUT2D eigenvalue weighted by Gasteiger charge is -2.10. The van der Waals surface area contributed by atoms with Gasteiger partial charge < -0.3 is 9.84 Å². The maximum Gasteiger partial charge on any atom is 0.153 e. The van der Waals surface area contributed by atoms with E-state index in [1.807, 2.05) is 0 Å². The van der Waals surface area contributed by atoms with Gasteiger partial charge in [-0.1, -0.05) is 6.92 Å². The maximum atomic E-state index is 12.9. The van der Waals surface area contributed by atoms with Crippen molar-refractivity contribution in [1.29, 1.82) is 0 Å². The van der Waals surface area contributed by atoms with Gasteiger partial charge in [-0.3, -0.25) is 0 Å². The molecule has 1 aromatic rings. The highest BCUT2D eigenvalue weighted by molar-refractivity contribution is 7.91. The molecule has 0 amide bonds. The van der Waals surface area contributed by atoms with Crippen LogP contribution in [0.3, 0.4) is 0 Å². The van der Waals surface area contributed by atoms with Crippen LogP contribution in [-0.2, 0) is 16.4 Å². The number of halogens is 1. The van der Waals surface area contributed by atoms with Crippen LogP contribution < -0.4 is 4.74 Å². The molecule has 0 bridgehead atoms. The van der Waals surface area contributed by atoms with Crippen LogP contribution in [0.15, 0.2) is 18.2 Å². The number of benzene rings is 1. The minimum atomic E-state index is -3.09. The van der Waals surface area contributed by atoms with Gasteiger partial charge in [0.05, 0.1) is 18.1 Å². The van der Waals surface area contributed by atoms with Crippen molar-refractivity contribution < 1.29 is 22.7 Å². The number of rotatable bonds is 7. The van der Waals surface area contributed by atoms with Crippen LogP contribution >= 0.6 is 0 Å². The van der Waals surface area contributed by atoms with Gasteiger partial charge in [-0.15, -0.1) is 0 Å². The van der Waals surface area contributed by atoms with Crippen molar-refractivity contribution in [3.05, 3.63) is 29.6 Å². The molecule has 102 valence electrons. The summed E-state index contributed by atoms with van der Waals surface area (Å²) >= 11 is 0. The first kappa shape index (κ1) is 14.9. The Morgan fingerprint density at radius 1 is 1.33 bits per heavy atom. The summed E-state index contributed by atoms with van der Waals surface area (Å²) in [5.74, 6) is -0.106. The van der Waals surface area contributed by atoms with Gasteiger partial charge in [-0.05, 0) is 24.6 Å². The Labute approximate surface area is 106 Å². The lowest BCUT2D eigenvalue weighted by molar-refractivity contribution is 0.266. The van der Waals surface area contributed by atoms with Gasteiger partial charge in [-0.2, -0.15) is 0 Å². The Bertz CT molecular complexity index is 485. The normalized spacial score (nSPS) is 11.5. The molecular formula is C12H17FO4S. The van der Waals surface area contributed by atoms with Crippen LogP contribution in [0.5, 0.6) is 5.75 Å². The van der Waals surface area contributed by atoms with Crippen molar-refractivity contribution >= 4 is 9.84 Å². The van der Waals surface area contributed by atoms with E-state index in [-0.39, 0.29) is 24.7 Å². The zero-order valence-electron chi connectivity index (χ0n) is 10.2. The highest BCUT2D eigenvalue weighted by Gasteiger charge is 2.10. The van der Waals surface area contributed by atoms with Crippen LogP contribution in [0.2, 0.25) is 0 Å². The van der Waals surface area contributed by atoms with Crippen molar-refractivity contribution in [1.82, 2.24) is 0 Å². The van der Waals surface area contributed by atoms with Crippen LogP contribution in [0.1, 0.15) is 18.9 Å². The summed E-state index contributed by atoms with van der Waals surface area (Å²) in [5.41, 5.74) is 0.308. The fourth-order valence-electron chi connectivity index (χ4n) is 1.50. The summed E-state index contributed by atoms with van der Waals surface area (Å²) in [5, 5.41) is 9.02. The van der Waals surface area contributed by atoms with Gasteiger partial charge in [0.1, 0.15) is 18.2 Å². The number of hydrogen-bond donors (Lipinski definition) is 1. The van der Waals surface area contributed by atoms with Crippen molar-refractivity contribution in [2.24, 2.45) is 0 Å². The van der Waals surface area contributed by atoms with Gasteiger partial charge >= 0.3 is 0 Å². The highest BCUT2D eigenvalue weighted by atomic mass is 32.2. The molecule has 4 nitrogen and oxygen atoms in total. The smallest absolute Gasteiger partial charge is 0.153 e. The second-order valence-corrected chi connectivity index (χ2v) is 6.21. The van der Waals surface area contributed by atoms with E-state index < -0.39 is 15.7 Å². The summed E-state index contributed by atoms with van der Waals surface area (Å²) < 4.78 is 41.0. The molecule has 0 aromatic heterocycles. The van der Waals surface area contributed by atoms with Gasteiger partial charge in [0.2, 0.25) is 0 Å². The first-order valence-corrected chi connectivity index (χ1v) is 7.53. The minimum Gasteiger partial charge on any atom is -0.492 e. The minimum absolute atomic E-state index is 0.000958. The van der Waals surface area contributed by atoms with E-state index in [0.717, 1.165) is 6.07 Å².